The lowest BCUT2D eigenvalue weighted by Crippen LogP contribution is -2.63. The number of carbonyl (C=O) groups excluding carboxylic acids is 2. The average Bonchev–Trinajstić information content (AvgIpc) is 2.37. The number of hydrogen-bond donors (Lipinski definition) is 2. The minimum atomic E-state index is -1.86. The van der Waals surface area contributed by atoms with Crippen LogP contribution in [-0.2, 0) is 9.59 Å². The van der Waals surface area contributed by atoms with Gasteiger partial charge < -0.3 is 20.9 Å². The first-order chi connectivity index (χ1) is 8.82. The number of rotatable bonds is 5. The van der Waals surface area contributed by atoms with Gasteiger partial charge in [-0.3, -0.25) is 4.79 Å². The van der Waals surface area contributed by atoms with Crippen LogP contribution in [0.2, 0.25) is 0 Å². The van der Waals surface area contributed by atoms with Crippen molar-refractivity contribution in [2.75, 3.05) is 7.11 Å². The second-order valence-electron chi connectivity index (χ2n) is 4.46. The van der Waals surface area contributed by atoms with Crippen LogP contribution in [0, 0.1) is 5.92 Å². The largest absolute Gasteiger partial charge is 0.497 e. The van der Waals surface area contributed by atoms with Gasteiger partial charge in [0, 0.05) is 6.07 Å². The van der Waals surface area contributed by atoms with E-state index in [0.717, 1.165) is 0 Å². The zero-order valence-electron chi connectivity index (χ0n) is 11.2. The van der Waals surface area contributed by atoms with Crippen LogP contribution in [0.15, 0.2) is 24.3 Å². The summed E-state index contributed by atoms with van der Waals surface area (Å²) in [4.78, 5) is 23.4. The molecule has 0 bridgehead atoms. The highest BCUT2D eigenvalue weighted by Gasteiger charge is 2.45. The Morgan fingerprint density at radius 3 is 2.32 bits per heavy atom. The van der Waals surface area contributed by atoms with E-state index in [4.69, 9.17) is 20.9 Å². The van der Waals surface area contributed by atoms with Gasteiger partial charge in [0.2, 0.25) is 5.91 Å². The van der Waals surface area contributed by atoms with Crippen LogP contribution in [0.5, 0.6) is 11.5 Å². The van der Waals surface area contributed by atoms with Gasteiger partial charge in [-0.1, -0.05) is 19.9 Å². The number of ether oxygens (including phenoxy) is 2. The Balaban J connectivity index is 2.97. The molecule has 0 radical (unpaired) electrons. The molecule has 19 heavy (non-hydrogen) atoms. The Morgan fingerprint density at radius 2 is 1.84 bits per heavy atom. The molecular weight excluding hydrogens is 248 g/mol. The molecule has 0 aromatic heterocycles. The van der Waals surface area contributed by atoms with E-state index >= 15 is 0 Å². The van der Waals surface area contributed by atoms with Gasteiger partial charge in [-0.2, -0.15) is 0 Å². The lowest BCUT2D eigenvalue weighted by Gasteiger charge is -2.27. The van der Waals surface area contributed by atoms with Crippen molar-refractivity contribution in [1.29, 1.82) is 0 Å². The van der Waals surface area contributed by atoms with Crippen molar-refractivity contribution < 1.29 is 19.1 Å². The molecule has 4 N–H and O–H groups in total. The zero-order chi connectivity index (χ0) is 14.6. The second kappa shape index (κ2) is 5.71. The summed E-state index contributed by atoms with van der Waals surface area (Å²) < 4.78 is 10.1. The van der Waals surface area contributed by atoms with E-state index in [9.17, 15) is 9.59 Å². The van der Waals surface area contributed by atoms with Gasteiger partial charge in [-0.25, -0.2) is 4.79 Å². The van der Waals surface area contributed by atoms with Crippen LogP contribution in [0.3, 0.4) is 0 Å². The first kappa shape index (κ1) is 15.0. The quantitative estimate of drug-likeness (QED) is 0.457. The fraction of sp³-hybridized carbons (Fsp3) is 0.385. The van der Waals surface area contributed by atoms with Crippen molar-refractivity contribution in [3.8, 4) is 11.5 Å². The summed E-state index contributed by atoms with van der Waals surface area (Å²) in [6, 6.07) is 6.42. The van der Waals surface area contributed by atoms with E-state index in [2.05, 4.69) is 0 Å². The summed E-state index contributed by atoms with van der Waals surface area (Å²) >= 11 is 0. The summed E-state index contributed by atoms with van der Waals surface area (Å²) in [7, 11) is 1.49. The van der Waals surface area contributed by atoms with Gasteiger partial charge in [0.1, 0.15) is 11.5 Å². The first-order valence-corrected chi connectivity index (χ1v) is 5.77. The lowest BCUT2D eigenvalue weighted by atomic mass is 9.87. The molecule has 0 fully saturated rings. The van der Waals surface area contributed by atoms with Gasteiger partial charge in [-0.05, 0) is 18.1 Å². The molecule has 0 spiro atoms. The van der Waals surface area contributed by atoms with Crippen LogP contribution >= 0.6 is 0 Å². The molecule has 6 heteroatoms. The number of amides is 1. The molecule has 1 atom stereocenters. The summed E-state index contributed by atoms with van der Waals surface area (Å²) in [5, 5.41) is 0. The maximum atomic E-state index is 12.0. The van der Waals surface area contributed by atoms with E-state index in [-0.39, 0.29) is 5.75 Å². The second-order valence-corrected chi connectivity index (χ2v) is 4.46. The van der Waals surface area contributed by atoms with Crippen LogP contribution in [0.25, 0.3) is 0 Å². The lowest BCUT2D eigenvalue weighted by molar-refractivity contribution is -0.147. The Kier molecular flexibility index (Phi) is 4.50. The summed E-state index contributed by atoms with van der Waals surface area (Å²) in [5.74, 6) is -1.53. The third-order valence-corrected chi connectivity index (χ3v) is 2.91. The van der Waals surface area contributed by atoms with Gasteiger partial charge in [-0.15, -0.1) is 0 Å². The monoisotopic (exact) mass is 266 g/mol. The maximum Gasteiger partial charge on any atom is 0.341 e. The molecule has 1 aromatic carbocycles. The van der Waals surface area contributed by atoms with Crippen molar-refractivity contribution in [2.45, 2.75) is 19.4 Å². The Hall–Kier alpha value is -2.08. The molecule has 0 aliphatic rings. The molecule has 0 saturated heterocycles. The molecular formula is C13H18N2O4. The Labute approximate surface area is 111 Å². The minimum absolute atomic E-state index is 0.237. The number of primary amides is 1. The topological polar surface area (TPSA) is 105 Å². The van der Waals surface area contributed by atoms with Gasteiger partial charge in [0.15, 0.2) is 5.54 Å². The molecule has 0 unspecified atom stereocenters. The smallest absolute Gasteiger partial charge is 0.341 e. The van der Waals surface area contributed by atoms with Gasteiger partial charge in [0.25, 0.3) is 0 Å². The van der Waals surface area contributed by atoms with E-state index in [1.165, 1.54) is 13.2 Å². The Morgan fingerprint density at radius 1 is 1.26 bits per heavy atom. The zero-order valence-corrected chi connectivity index (χ0v) is 11.2. The normalized spacial score (nSPS) is 13.7. The first-order valence-electron chi connectivity index (χ1n) is 5.77. The van der Waals surface area contributed by atoms with Crippen LogP contribution in [0.1, 0.15) is 13.8 Å². The standard InChI is InChI=1S/C13H18N2O4/c1-8(2)13(15,11(14)16)12(17)19-10-6-4-5-9(7-10)18-3/h4-8H,15H2,1-3H3,(H2,14,16)/t13-/m0/s1. The van der Waals surface area contributed by atoms with Crippen molar-refractivity contribution in [3.05, 3.63) is 24.3 Å². The maximum absolute atomic E-state index is 12.0. The third kappa shape index (κ3) is 3.03. The van der Waals surface area contributed by atoms with Crippen LogP contribution < -0.4 is 20.9 Å². The highest BCUT2D eigenvalue weighted by molar-refractivity contribution is 6.07. The SMILES string of the molecule is COc1cccc(OC(=O)[C@@](N)(C(N)=O)C(C)C)c1. The van der Waals surface area contributed by atoms with E-state index in [0.29, 0.717) is 5.75 Å². The fourth-order valence-corrected chi connectivity index (χ4v) is 1.48. The number of nitrogens with two attached hydrogens (primary N) is 2. The minimum Gasteiger partial charge on any atom is -0.497 e. The summed E-state index contributed by atoms with van der Waals surface area (Å²) in [5.41, 5.74) is 9.10. The van der Waals surface area contributed by atoms with E-state index in [1.54, 1.807) is 32.0 Å². The van der Waals surface area contributed by atoms with Crippen molar-refractivity contribution in [1.82, 2.24) is 0 Å². The Bertz CT molecular complexity index is 487. The van der Waals surface area contributed by atoms with Gasteiger partial charge in [0.05, 0.1) is 7.11 Å². The molecule has 0 aliphatic carbocycles. The van der Waals surface area contributed by atoms with Gasteiger partial charge >= 0.3 is 5.97 Å². The van der Waals surface area contributed by atoms with Crippen LogP contribution in [0.4, 0.5) is 0 Å². The predicted molar refractivity (Wildman–Crippen MR) is 69.6 cm³/mol. The molecule has 0 heterocycles. The molecule has 0 saturated carbocycles. The molecule has 1 rings (SSSR count). The summed E-state index contributed by atoms with van der Waals surface area (Å²) in [6.45, 7) is 3.25. The number of benzene rings is 1. The fourth-order valence-electron chi connectivity index (χ4n) is 1.48. The number of esters is 1. The molecule has 1 aromatic rings. The molecule has 1 amide bonds. The number of methoxy groups -OCH3 is 1. The molecule has 6 nitrogen and oxygen atoms in total. The average molecular weight is 266 g/mol. The van der Waals surface area contributed by atoms with E-state index in [1.807, 2.05) is 0 Å². The summed E-state index contributed by atoms with van der Waals surface area (Å²) in [6.07, 6.45) is 0. The highest BCUT2D eigenvalue weighted by atomic mass is 16.5. The third-order valence-electron chi connectivity index (χ3n) is 2.91. The van der Waals surface area contributed by atoms with E-state index < -0.39 is 23.3 Å². The molecule has 104 valence electrons. The van der Waals surface area contributed by atoms with Crippen molar-refractivity contribution in [2.24, 2.45) is 17.4 Å². The number of carbonyl (C=O) groups is 2. The number of hydrogen-bond acceptors (Lipinski definition) is 5. The predicted octanol–water partition coefficient (Wildman–Crippen LogP) is 0.439. The highest BCUT2D eigenvalue weighted by Crippen LogP contribution is 2.22. The van der Waals surface area contributed by atoms with Crippen molar-refractivity contribution >= 4 is 11.9 Å². The van der Waals surface area contributed by atoms with Crippen molar-refractivity contribution in [3.63, 3.8) is 0 Å². The molecule has 0 aliphatic heterocycles. The van der Waals surface area contributed by atoms with Crippen LogP contribution in [-0.4, -0.2) is 24.5 Å².